The van der Waals surface area contributed by atoms with Crippen LogP contribution < -0.4 is 10.2 Å². The fourth-order valence-corrected chi connectivity index (χ4v) is 3.53. The van der Waals surface area contributed by atoms with Gasteiger partial charge in [0.2, 0.25) is 0 Å². The van der Waals surface area contributed by atoms with Crippen molar-refractivity contribution in [1.82, 2.24) is 10.3 Å². The Morgan fingerprint density at radius 3 is 2.70 bits per heavy atom. The summed E-state index contributed by atoms with van der Waals surface area (Å²) in [4.78, 5) is 17.9. The van der Waals surface area contributed by atoms with Gasteiger partial charge in [0, 0.05) is 31.6 Å². The largest absolute Gasteiger partial charge is 0.465 e. The Hall–Kier alpha value is -1.87. The van der Waals surface area contributed by atoms with Gasteiger partial charge < -0.3 is 15.0 Å². The van der Waals surface area contributed by atoms with Gasteiger partial charge in [-0.15, -0.1) is 11.3 Å². The van der Waals surface area contributed by atoms with E-state index in [2.05, 4.69) is 15.0 Å². The molecule has 0 spiro atoms. The molecule has 1 N–H and O–H groups in total. The minimum Gasteiger partial charge on any atom is -0.465 e. The average Bonchev–Trinajstić information content (AvgIpc) is 2.97. The van der Waals surface area contributed by atoms with Crippen LogP contribution in [0.5, 0.6) is 0 Å². The zero-order valence-electron chi connectivity index (χ0n) is 12.2. The summed E-state index contributed by atoms with van der Waals surface area (Å²) in [5.74, 6) is -0.454. The first-order valence-electron chi connectivity index (χ1n) is 6.95. The number of aromatic nitrogens is 1. The van der Waals surface area contributed by atoms with Gasteiger partial charge in [-0.25, -0.2) is 9.78 Å². The number of anilines is 1. The standard InChI is InChI=1S/C14H14F3N3O2S/c1-22-13(21)8-7-23-12-9(14(15,16)17)6-10(19-11(8)12)20-4-2-18-3-5-20/h6-7,18H,2-5H2,1H3. The highest BCUT2D eigenvalue weighted by Crippen LogP contribution is 2.40. The first-order valence-corrected chi connectivity index (χ1v) is 7.83. The Morgan fingerprint density at radius 1 is 1.39 bits per heavy atom. The number of methoxy groups -OCH3 is 1. The van der Waals surface area contributed by atoms with E-state index < -0.39 is 17.7 Å². The minimum absolute atomic E-state index is 0.0446. The normalized spacial score (nSPS) is 15.9. The van der Waals surface area contributed by atoms with Gasteiger partial charge in [-0.05, 0) is 6.07 Å². The van der Waals surface area contributed by atoms with Gasteiger partial charge >= 0.3 is 12.1 Å². The van der Waals surface area contributed by atoms with Crippen LogP contribution in [0.25, 0.3) is 10.2 Å². The Kier molecular flexibility index (Phi) is 4.15. The van der Waals surface area contributed by atoms with Crippen LogP contribution in [0, 0.1) is 0 Å². The summed E-state index contributed by atoms with van der Waals surface area (Å²) in [6.45, 7) is 2.48. The number of pyridine rings is 1. The van der Waals surface area contributed by atoms with Crippen molar-refractivity contribution in [3.8, 4) is 0 Å². The lowest BCUT2D eigenvalue weighted by Gasteiger charge is -2.29. The quantitative estimate of drug-likeness (QED) is 0.848. The molecule has 0 unspecified atom stereocenters. The number of carbonyl (C=O) groups is 1. The number of rotatable bonds is 2. The highest BCUT2D eigenvalue weighted by atomic mass is 32.1. The minimum atomic E-state index is -4.51. The Bertz CT molecular complexity index is 739. The molecule has 124 valence electrons. The molecule has 0 saturated carbocycles. The van der Waals surface area contributed by atoms with Crippen molar-refractivity contribution in [2.45, 2.75) is 6.18 Å². The Balaban J connectivity index is 2.19. The monoisotopic (exact) mass is 345 g/mol. The molecule has 1 fully saturated rings. The number of hydrogen-bond donors (Lipinski definition) is 1. The number of nitrogens with zero attached hydrogens (tertiary/aromatic N) is 2. The molecule has 1 aliphatic rings. The molecule has 23 heavy (non-hydrogen) atoms. The molecule has 9 heteroatoms. The summed E-state index contributed by atoms with van der Waals surface area (Å²) in [5, 5.41) is 4.50. The number of fused-ring (bicyclic) bond motifs is 1. The van der Waals surface area contributed by atoms with Gasteiger partial charge in [0.1, 0.15) is 5.82 Å². The van der Waals surface area contributed by atoms with Crippen molar-refractivity contribution < 1.29 is 22.7 Å². The summed E-state index contributed by atoms with van der Waals surface area (Å²) < 4.78 is 44.8. The van der Waals surface area contributed by atoms with E-state index in [1.54, 1.807) is 4.90 Å². The maximum absolute atomic E-state index is 13.4. The van der Waals surface area contributed by atoms with E-state index in [0.717, 1.165) is 17.4 Å². The molecule has 5 nitrogen and oxygen atoms in total. The molecule has 2 aromatic rings. The molecule has 3 rings (SSSR count). The van der Waals surface area contributed by atoms with Gasteiger partial charge in [0.15, 0.2) is 0 Å². The van der Waals surface area contributed by atoms with Crippen molar-refractivity contribution in [2.75, 3.05) is 38.2 Å². The van der Waals surface area contributed by atoms with E-state index in [9.17, 15) is 18.0 Å². The second-order valence-electron chi connectivity index (χ2n) is 5.08. The third-order valence-electron chi connectivity index (χ3n) is 3.66. The summed E-state index contributed by atoms with van der Waals surface area (Å²) in [6, 6.07) is 1.06. The molecule has 0 aliphatic carbocycles. The summed E-state index contributed by atoms with van der Waals surface area (Å²) in [5.41, 5.74) is -0.656. The number of nitrogens with one attached hydrogen (secondary N) is 1. The number of hydrogen-bond acceptors (Lipinski definition) is 6. The topological polar surface area (TPSA) is 54.5 Å². The lowest BCUT2D eigenvalue weighted by molar-refractivity contribution is -0.136. The highest BCUT2D eigenvalue weighted by Gasteiger charge is 2.36. The van der Waals surface area contributed by atoms with Crippen molar-refractivity contribution >= 4 is 33.3 Å². The molecule has 0 bridgehead atoms. The fourth-order valence-electron chi connectivity index (χ4n) is 2.52. The Labute approximate surface area is 134 Å². The van der Waals surface area contributed by atoms with Crippen LogP contribution >= 0.6 is 11.3 Å². The van der Waals surface area contributed by atoms with Crippen LogP contribution in [0.4, 0.5) is 19.0 Å². The van der Waals surface area contributed by atoms with Crippen molar-refractivity contribution in [3.05, 3.63) is 22.6 Å². The lowest BCUT2D eigenvalue weighted by Crippen LogP contribution is -2.44. The van der Waals surface area contributed by atoms with E-state index in [1.807, 2.05) is 0 Å². The third-order valence-corrected chi connectivity index (χ3v) is 4.66. The zero-order chi connectivity index (χ0) is 16.6. The molecule has 1 aliphatic heterocycles. The average molecular weight is 345 g/mol. The van der Waals surface area contributed by atoms with Gasteiger partial charge in [-0.3, -0.25) is 0 Å². The number of thiophene rings is 1. The number of esters is 1. The van der Waals surface area contributed by atoms with E-state index in [1.165, 1.54) is 12.5 Å². The first kappa shape index (κ1) is 16.0. The second-order valence-corrected chi connectivity index (χ2v) is 5.96. The highest BCUT2D eigenvalue weighted by molar-refractivity contribution is 7.17. The van der Waals surface area contributed by atoms with Crippen LogP contribution in [0.3, 0.4) is 0 Å². The maximum Gasteiger partial charge on any atom is 0.417 e. The fraction of sp³-hybridized carbons (Fsp3) is 0.429. The number of piperazine rings is 1. The van der Waals surface area contributed by atoms with E-state index in [4.69, 9.17) is 0 Å². The predicted molar refractivity (Wildman–Crippen MR) is 81.0 cm³/mol. The van der Waals surface area contributed by atoms with Gasteiger partial charge in [-0.1, -0.05) is 0 Å². The van der Waals surface area contributed by atoms with E-state index in [-0.39, 0.29) is 21.6 Å². The molecule has 0 radical (unpaired) electrons. The molecular weight excluding hydrogens is 331 g/mol. The number of carbonyl (C=O) groups excluding carboxylic acids is 1. The summed E-state index contributed by atoms with van der Waals surface area (Å²) in [6.07, 6.45) is -4.51. The molecular formula is C14H14F3N3O2S. The lowest BCUT2D eigenvalue weighted by atomic mass is 10.1. The molecule has 2 aromatic heterocycles. The molecule has 1 saturated heterocycles. The second kappa shape index (κ2) is 5.97. The van der Waals surface area contributed by atoms with Crippen molar-refractivity contribution in [2.24, 2.45) is 0 Å². The van der Waals surface area contributed by atoms with Crippen LogP contribution in [0.2, 0.25) is 0 Å². The van der Waals surface area contributed by atoms with E-state index >= 15 is 0 Å². The number of ether oxygens (including phenoxy) is 1. The first-order chi connectivity index (χ1) is 10.9. The van der Waals surface area contributed by atoms with Gasteiger partial charge in [-0.2, -0.15) is 13.2 Å². The number of halogens is 3. The third kappa shape index (κ3) is 2.98. The summed E-state index contributed by atoms with van der Waals surface area (Å²) >= 11 is 0.852. The number of alkyl halides is 3. The SMILES string of the molecule is COC(=O)c1csc2c(C(F)(F)F)cc(N3CCNCC3)nc12. The smallest absolute Gasteiger partial charge is 0.417 e. The van der Waals surface area contributed by atoms with Gasteiger partial charge in [0.05, 0.1) is 28.5 Å². The molecule has 0 amide bonds. The van der Waals surface area contributed by atoms with Crippen molar-refractivity contribution in [3.63, 3.8) is 0 Å². The summed E-state index contributed by atoms with van der Waals surface area (Å²) in [7, 11) is 1.19. The Morgan fingerprint density at radius 2 is 2.09 bits per heavy atom. The van der Waals surface area contributed by atoms with Crippen LogP contribution in [0.15, 0.2) is 11.4 Å². The van der Waals surface area contributed by atoms with Crippen LogP contribution in [-0.4, -0.2) is 44.2 Å². The van der Waals surface area contributed by atoms with Crippen LogP contribution in [0.1, 0.15) is 15.9 Å². The maximum atomic E-state index is 13.4. The van der Waals surface area contributed by atoms with Crippen LogP contribution in [-0.2, 0) is 10.9 Å². The molecule has 0 atom stereocenters. The van der Waals surface area contributed by atoms with E-state index in [0.29, 0.717) is 26.2 Å². The zero-order valence-corrected chi connectivity index (χ0v) is 13.1. The predicted octanol–water partition coefficient (Wildman–Crippen LogP) is 2.51. The van der Waals surface area contributed by atoms with Crippen molar-refractivity contribution in [1.29, 1.82) is 0 Å². The van der Waals surface area contributed by atoms with Gasteiger partial charge in [0.25, 0.3) is 0 Å². The molecule has 3 heterocycles. The molecule has 0 aromatic carbocycles.